The third-order valence-corrected chi connectivity index (χ3v) is 5.21. The van der Waals surface area contributed by atoms with Gasteiger partial charge in [-0.15, -0.1) is 0 Å². The number of amides is 2. The van der Waals surface area contributed by atoms with Gasteiger partial charge >= 0.3 is 5.97 Å². The number of anilines is 2. The number of esters is 1. The molecular formula is C27H23N3O4. The fourth-order valence-electron chi connectivity index (χ4n) is 3.69. The molecule has 3 aromatic carbocycles. The number of hydrogen-bond acceptors (Lipinski definition) is 5. The van der Waals surface area contributed by atoms with E-state index >= 15 is 0 Å². The normalized spacial score (nSPS) is 10.5. The molecule has 0 aliphatic rings. The van der Waals surface area contributed by atoms with Crippen LogP contribution >= 0.6 is 0 Å². The molecule has 0 atom stereocenters. The van der Waals surface area contributed by atoms with Crippen LogP contribution in [0, 0.1) is 6.92 Å². The molecule has 2 amide bonds. The number of nitrogens with one attached hydrogen (secondary N) is 2. The van der Waals surface area contributed by atoms with Crippen molar-refractivity contribution in [1.29, 1.82) is 0 Å². The first-order valence-electron chi connectivity index (χ1n) is 10.7. The molecule has 4 aromatic rings. The van der Waals surface area contributed by atoms with Crippen LogP contribution in [0.5, 0.6) is 0 Å². The number of carbonyl (C=O) groups excluding carboxylic acids is 3. The van der Waals surface area contributed by atoms with Crippen molar-refractivity contribution in [2.24, 2.45) is 0 Å². The molecule has 0 aliphatic carbocycles. The quantitative estimate of drug-likeness (QED) is 0.402. The lowest BCUT2D eigenvalue weighted by Crippen LogP contribution is -2.21. The zero-order chi connectivity index (χ0) is 24.1. The monoisotopic (exact) mass is 453 g/mol. The Morgan fingerprint density at radius 3 is 2.12 bits per heavy atom. The summed E-state index contributed by atoms with van der Waals surface area (Å²) in [5, 5.41) is 6.00. The number of para-hydroxylation sites is 1. The van der Waals surface area contributed by atoms with Gasteiger partial charge in [-0.1, -0.05) is 48.5 Å². The number of rotatable bonds is 6. The zero-order valence-corrected chi connectivity index (χ0v) is 18.8. The van der Waals surface area contributed by atoms with Crippen molar-refractivity contribution in [2.75, 3.05) is 17.2 Å². The van der Waals surface area contributed by atoms with Gasteiger partial charge in [0.15, 0.2) is 6.61 Å². The molecule has 0 fully saturated rings. The molecule has 1 heterocycles. The molecule has 0 unspecified atom stereocenters. The minimum absolute atomic E-state index is 0.182. The lowest BCUT2D eigenvalue weighted by molar-refractivity contribution is -0.119. The standard InChI is InChI=1S/C27H23N3O4/c1-17-25(22-10-6-7-11-23(22)30-26(17)19-8-4-3-5-9-19)27(33)34-16-24(32)29-21-14-12-20(13-15-21)28-18(2)31/h3-15H,16H2,1-2H3,(H,28,31)(H,29,32). The Balaban J connectivity index is 1.52. The van der Waals surface area contributed by atoms with Crippen LogP contribution in [0.3, 0.4) is 0 Å². The van der Waals surface area contributed by atoms with Crippen LogP contribution < -0.4 is 10.6 Å². The van der Waals surface area contributed by atoms with Crippen LogP contribution in [0.15, 0.2) is 78.9 Å². The van der Waals surface area contributed by atoms with Gasteiger partial charge in [-0.2, -0.15) is 0 Å². The molecule has 7 nitrogen and oxygen atoms in total. The Hall–Kier alpha value is -4.52. The Morgan fingerprint density at radius 2 is 1.44 bits per heavy atom. The van der Waals surface area contributed by atoms with Crippen molar-refractivity contribution in [3.63, 3.8) is 0 Å². The van der Waals surface area contributed by atoms with Gasteiger partial charge in [0.1, 0.15) is 0 Å². The third-order valence-electron chi connectivity index (χ3n) is 5.21. The molecule has 170 valence electrons. The molecule has 0 aliphatic heterocycles. The summed E-state index contributed by atoms with van der Waals surface area (Å²) < 4.78 is 5.38. The second kappa shape index (κ2) is 9.95. The van der Waals surface area contributed by atoms with E-state index in [1.807, 2.05) is 61.5 Å². The van der Waals surface area contributed by atoms with Crippen molar-refractivity contribution in [3.05, 3.63) is 90.0 Å². The third kappa shape index (κ3) is 5.10. The smallest absolute Gasteiger partial charge is 0.339 e. The highest BCUT2D eigenvalue weighted by molar-refractivity contribution is 6.07. The molecule has 0 saturated carbocycles. The average molecular weight is 453 g/mol. The molecular weight excluding hydrogens is 430 g/mol. The molecule has 0 radical (unpaired) electrons. The molecule has 4 rings (SSSR count). The van der Waals surface area contributed by atoms with Crippen LogP contribution in [0.4, 0.5) is 11.4 Å². The maximum Gasteiger partial charge on any atom is 0.339 e. The molecule has 7 heteroatoms. The number of hydrogen-bond donors (Lipinski definition) is 2. The van der Waals surface area contributed by atoms with Crippen LogP contribution in [-0.4, -0.2) is 29.4 Å². The second-order valence-corrected chi connectivity index (χ2v) is 7.73. The van der Waals surface area contributed by atoms with Crippen molar-refractivity contribution in [3.8, 4) is 11.3 Å². The van der Waals surface area contributed by atoms with Gasteiger partial charge in [-0.25, -0.2) is 9.78 Å². The van der Waals surface area contributed by atoms with Crippen molar-refractivity contribution in [2.45, 2.75) is 13.8 Å². The Morgan fingerprint density at radius 1 is 0.824 bits per heavy atom. The number of nitrogens with zero attached hydrogens (tertiary/aromatic N) is 1. The molecule has 0 bridgehead atoms. The summed E-state index contributed by atoms with van der Waals surface area (Å²) in [4.78, 5) is 41.3. The maximum absolute atomic E-state index is 13.1. The van der Waals surface area contributed by atoms with Gasteiger partial charge in [0.05, 0.1) is 16.8 Å². The van der Waals surface area contributed by atoms with E-state index < -0.39 is 18.5 Å². The zero-order valence-electron chi connectivity index (χ0n) is 18.8. The highest BCUT2D eigenvalue weighted by atomic mass is 16.5. The van der Waals surface area contributed by atoms with Gasteiger partial charge in [0.2, 0.25) is 5.91 Å². The SMILES string of the molecule is CC(=O)Nc1ccc(NC(=O)COC(=O)c2c(C)c(-c3ccccc3)nc3ccccc23)cc1. The van der Waals surface area contributed by atoms with E-state index in [-0.39, 0.29) is 5.91 Å². The van der Waals surface area contributed by atoms with Crippen molar-refractivity contribution in [1.82, 2.24) is 4.98 Å². The summed E-state index contributed by atoms with van der Waals surface area (Å²) in [6.45, 7) is 2.80. The maximum atomic E-state index is 13.1. The Bertz CT molecular complexity index is 1370. The summed E-state index contributed by atoms with van der Waals surface area (Å²) in [7, 11) is 0. The summed E-state index contributed by atoms with van der Waals surface area (Å²) >= 11 is 0. The number of aromatic nitrogens is 1. The van der Waals surface area contributed by atoms with Gasteiger partial charge in [-0.3, -0.25) is 9.59 Å². The first-order chi connectivity index (χ1) is 16.4. The number of fused-ring (bicyclic) bond motifs is 1. The minimum Gasteiger partial charge on any atom is -0.452 e. The second-order valence-electron chi connectivity index (χ2n) is 7.73. The summed E-state index contributed by atoms with van der Waals surface area (Å²) in [5.41, 5.74) is 4.46. The molecule has 1 aromatic heterocycles. The summed E-state index contributed by atoms with van der Waals surface area (Å²) in [5.74, 6) is -1.25. The van der Waals surface area contributed by atoms with Crippen molar-refractivity contribution < 1.29 is 19.1 Å². The van der Waals surface area contributed by atoms with Crippen LogP contribution in [0.25, 0.3) is 22.2 Å². The Kier molecular flexibility index (Phi) is 6.64. The number of benzene rings is 3. The van der Waals surface area contributed by atoms with E-state index in [1.165, 1.54) is 6.92 Å². The first-order valence-corrected chi connectivity index (χ1v) is 10.7. The lowest BCUT2D eigenvalue weighted by Gasteiger charge is -2.14. The number of carbonyl (C=O) groups is 3. The fraction of sp³-hybridized carbons (Fsp3) is 0.111. The highest BCUT2D eigenvalue weighted by Gasteiger charge is 2.21. The topological polar surface area (TPSA) is 97.4 Å². The van der Waals surface area contributed by atoms with E-state index in [4.69, 9.17) is 9.72 Å². The largest absolute Gasteiger partial charge is 0.452 e. The van der Waals surface area contributed by atoms with E-state index in [2.05, 4.69) is 10.6 Å². The van der Waals surface area contributed by atoms with Crippen LogP contribution in [0.2, 0.25) is 0 Å². The van der Waals surface area contributed by atoms with Crippen LogP contribution in [0.1, 0.15) is 22.8 Å². The van der Waals surface area contributed by atoms with Gasteiger partial charge in [-0.05, 0) is 42.8 Å². The Labute approximate surface area is 196 Å². The summed E-state index contributed by atoms with van der Waals surface area (Å²) in [6, 6.07) is 23.6. The van der Waals surface area contributed by atoms with Gasteiger partial charge in [0, 0.05) is 29.2 Å². The van der Waals surface area contributed by atoms with E-state index in [0.29, 0.717) is 39.1 Å². The van der Waals surface area contributed by atoms with E-state index in [1.54, 1.807) is 24.3 Å². The van der Waals surface area contributed by atoms with Crippen LogP contribution in [-0.2, 0) is 14.3 Å². The van der Waals surface area contributed by atoms with E-state index in [9.17, 15) is 14.4 Å². The molecule has 2 N–H and O–H groups in total. The van der Waals surface area contributed by atoms with Gasteiger partial charge in [0.25, 0.3) is 5.91 Å². The molecule has 0 saturated heterocycles. The fourth-order valence-corrected chi connectivity index (χ4v) is 3.69. The number of ether oxygens (including phenoxy) is 1. The van der Waals surface area contributed by atoms with Crippen molar-refractivity contribution >= 4 is 40.1 Å². The predicted molar refractivity (Wildman–Crippen MR) is 132 cm³/mol. The lowest BCUT2D eigenvalue weighted by atomic mass is 9.98. The number of pyridine rings is 1. The first kappa shape index (κ1) is 22.7. The van der Waals surface area contributed by atoms with Gasteiger partial charge < -0.3 is 15.4 Å². The molecule has 0 spiro atoms. The average Bonchev–Trinajstić information content (AvgIpc) is 2.83. The highest BCUT2D eigenvalue weighted by Crippen LogP contribution is 2.30. The summed E-state index contributed by atoms with van der Waals surface area (Å²) in [6.07, 6.45) is 0. The van der Waals surface area contributed by atoms with E-state index in [0.717, 1.165) is 5.56 Å². The molecule has 34 heavy (non-hydrogen) atoms. The minimum atomic E-state index is -0.593. The predicted octanol–water partition coefficient (Wildman–Crippen LogP) is 4.96.